The van der Waals surface area contributed by atoms with Crippen LogP contribution in [-0.4, -0.2) is 36.5 Å². The second kappa shape index (κ2) is 10.9. The number of nitrogens with one attached hydrogen (secondary N) is 2. The van der Waals surface area contributed by atoms with E-state index in [0.29, 0.717) is 24.7 Å². The van der Waals surface area contributed by atoms with Gasteiger partial charge in [0.05, 0.1) is 19.9 Å². The molecule has 3 rings (SSSR count). The molecule has 3 aromatic rings. The van der Waals surface area contributed by atoms with E-state index in [9.17, 15) is 4.79 Å². The molecule has 0 aliphatic carbocycles. The number of hydrogen-bond acceptors (Lipinski definition) is 6. The Morgan fingerprint density at radius 1 is 1.16 bits per heavy atom. The van der Waals surface area contributed by atoms with Crippen molar-refractivity contribution < 1.29 is 19.0 Å². The summed E-state index contributed by atoms with van der Waals surface area (Å²) in [5.41, 5.74) is 8.21. The van der Waals surface area contributed by atoms with Crippen LogP contribution in [0.4, 0.5) is 0 Å². The molecular formula is C22H25BrN4O4. The van der Waals surface area contributed by atoms with Crippen LogP contribution < -0.4 is 20.3 Å². The summed E-state index contributed by atoms with van der Waals surface area (Å²) in [6, 6.07) is 13.1. The normalized spacial score (nSPS) is 11.7. The van der Waals surface area contributed by atoms with Crippen LogP contribution in [0.2, 0.25) is 0 Å². The fourth-order valence-corrected chi connectivity index (χ4v) is 3.59. The van der Waals surface area contributed by atoms with Crippen molar-refractivity contribution in [2.75, 3.05) is 20.8 Å². The number of ether oxygens (including phenoxy) is 3. The van der Waals surface area contributed by atoms with Gasteiger partial charge in [0.15, 0.2) is 6.10 Å². The van der Waals surface area contributed by atoms with E-state index in [1.807, 2.05) is 55.6 Å². The van der Waals surface area contributed by atoms with Gasteiger partial charge in [0.1, 0.15) is 16.0 Å². The van der Waals surface area contributed by atoms with E-state index in [2.05, 4.69) is 31.9 Å². The molecule has 0 spiro atoms. The van der Waals surface area contributed by atoms with Crippen LogP contribution in [0.3, 0.4) is 0 Å². The number of nitrogens with zero attached hydrogens (tertiary/aromatic N) is 2. The summed E-state index contributed by atoms with van der Waals surface area (Å²) in [4.78, 5) is 12.8. The highest BCUT2D eigenvalue weighted by molar-refractivity contribution is 9.10. The summed E-state index contributed by atoms with van der Waals surface area (Å²) < 4.78 is 18.9. The number of benzene rings is 2. The first-order valence-electron chi connectivity index (χ1n) is 9.72. The first-order valence-corrected chi connectivity index (χ1v) is 10.5. The van der Waals surface area contributed by atoms with Crippen molar-refractivity contribution in [1.82, 2.24) is 20.6 Å². The number of carbonyl (C=O) groups excluding carboxylic acids is 1. The first-order chi connectivity index (χ1) is 15.1. The van der Waals surface area contributed by atoms with Gasteiger partial charge in [0.2, 0.25) is 0 Å². The quantitative estimate of drug-likeness (QED) is 0.424. The average molecular weight is 489 g/mol. The van der Waals surface area contributed by atoms with Crippen molar-refractivity contribution >= 4 is 21.8 Å². The van der Waals surface area contributed by atoms with Gasteiger partial charge in [-0.2, -0.15) is 5.10 Å². The Hall–Kier alpha value is -2.88. The molecule has 0 saturated carbocycles. The molecule has 0 radical (unpaired) electrons. The molecule has 8 nitrogen and oxygen atoms in total. The van der Waals surface area contributed by atoms with Crippen LogP contribution in [-0.2, 0) is 16.1 Å². The van der Waals surface area contributed by atoms with Crippen LogP contribution >= 0.6 is 15.9 Å². The van der Waals surface area contributed by atoms with E-state index in [4.69, 9.17) is 14.2 Å². The van der Waals surface area contributed by atoms with Crippen molar-refractivity contribution in [2.45, 2.75) is 19.6 Å². The zero-order valence-corrected chi connectivity index (χ0v) is 19.2. The number of hydrogen-bond donors (Lipinski definition) is 2. The van der Waals surface area contributed by atoms with Gasteiger partial charge in [-0.3, -0.25) is 10.2 Å². The van der Waals surface area contributed by atoms with Gasteiger partial charge in [-0.15, -0.1) is 0 Å². The van der Waals surface area contributed by atoms with Crippen LogP contribution in [0.1, 0.15) is 24.2 Å². The van der Waals surface area contributed by atoms with Crippen molar-refractivity contribution in [3.63, 3.8) is 0 Å². The minimum atomic E-state index is -0.738. The molecule has 9 heteroatoms. The highest BCUT2D eigenvalue weighted by Gasteiger charge is 2.21. The Morgan fingerprint density at radius 3 is 2.39 bits per heavy atom. The average Bonchev–Trinajstić information content (AvgIpc) is 3.33. The van der Waals surface area contributed by atoms with Crippen molar-refractivity contribution in [1.29, 1.82) is 0 Å². The molecule has 1 atom stereocenters. The number of halogens is 1. The van der Waals surface area contributed by atoms with Gasteiger partial charge in [0, 0.05) is 25.5 Å². The maximum absolute atomic E-state index is 12.8. The SMILES string of the molecule is CCO[C@H](C(=O)NNCc1cc(OC)c(Br)c(OC)c1)c1ccc(-n2cccn2)cc1. The molecule has 0 bridgehead atoms. The maximum atomic E-state index is 12.8. The van der Waals surface area contributed by atoms with Crippen LogP contribution in [0.25, 0.3) is 5.69 Å². The summed E-state index contributed by atoms with van der Waals surface area (Å²) in [6.45, 7) is 2.63. The maximum Gasteiger partial charge on any atom is 0.267 e. The molecule has 0 saturated heterocycles. The zero-order chi connectivity index (χ0) is 22.2. The van der Waals surface area contributed by atoms with E-state index >= 15 is 0 Å². The van der Waals surface area contributed by atoms with Crippen molar-refractivity contribution in [3.8, 4) is 17.2 Å². The Balaban J connectivity index is 1.65. The fourth-order valence-electron chi connectivity index (χ4n) is 3.04. The molecule has 0 aliphatic rings. The van der Waals surface area contributed by atoms with Crippen LogP contribution in [0.5, 0.6) is 11.5 Å². The number of methoxy groups -OCH3 is 2. The Labute approximate surface area is 189 Å². The largest absolute Gasteiger partial charge is 0.495 e. The molecule has 0 aliphatic heterocycles. The topological polar surface area (TPSA) is 86.6 Å². The van der Waals surface area contributed by atoms with E-state index in [0.717, 1.165) is 21.3 Å². The zero-order valence-electron chi connectivity index (χ0n) is 17.6. The number of amides is 1. The number of hydrazine groups is 1. The third kappa shape index (κ3) is 5.63. The standard InChI is InChI=1S/C22H25BrN4O4/c1-4-31-21(16-6-8-17(9-7-16)27-11-5-10-25-27)22(28)26-24-14-15-12-18(29-2)20(23)19(13-15)30-3/h5-13,21,24H,4,14H2,1-3H3,(H,26,28)/t21-/m0/s1. The molecule has 2 aromatic carbocycles. The Bertz CT molecular complexity index is 968. The molecule has 164 valence electrons. The summed E-state index contributed by atoms with van der Waals surface area (Å²) in [7, 11) is 3.17. The highest BCUT2D eigenvalue weighted by atomic mass is 79.9. The molecule has 1 heterocycles. The van der Waals surface area contributed by atoms with Gasteiger partial charge >= 0.3 is 0 Å². The lowest BCUT2D eigenvalue weighted by molar-refractivity contribution is -0.134. The molecule has 31 heavy (non-hydrogen) atoms. The van der Waals surface area contributed by atoms with Crippen molar-refractivity contribution in [3.05, 3.63) is 70.5 Å². The Kier molecular flexibility index (Phi) is 8.05. The predicted molar refractivity (Wildman–Crippen MR) is 120 cm³/mol. The van der Waals surface area contributed by atoms with Gasteiger partial charge in [-0.05, 0) is 64.3 Å². The molecule has 2 N–H and O–H groups in total. The third-order valence-electron chi connectivity index (χ3n) is 4.55. The number of aromatic nitrogens is 2. The number of rotatable bonds is 10. The van der Waals surface area contributed by atoms with E-state index in [1.165, 1.54) is 0 Å². The minimum Gasteiger partial charge on any atom is -0.495 e. The summed E-state index contributed by atoms with van der Waals surface area (Å²) >= 11 is 3.44. The van der Waals surface area contributed by atoms with Gasteiger partial charge < -0.3 is 14.2 Å². The summed E-state index contributed by atoms with van der Waals surface area (Å²) in [5, 5.41) is 4.21. The molecule has 0 unspecified atom stereocenters. The van der Waals surface area contributed by atoms with Gasteiger partial charge in [-0.1, -0.05) is 12.1 Å². The minimum absolute atomic E-state index is 0.287. The van der Waals surface area contributed by atoms with Crippen molar-refractivity contribution in [2.24, 2.45) is 0 Å². The fraction of sp³-hybridized carbons (Fsp3) is 0.273. The summed E-state index contributed by atoms with van der Waals surface area (Å²) in [6.07, 6.45) is 2.84. The smallest absolute Gasteiger partial charge is 0.267 e. The number of carbonyl (C=O) groups is 1. The van der Waals surface area contributed by atoms with E-state index in [-0.39, 0.29) is 5.91 Å². The Morgan fingerprint density at radius 2 is 1.84 bits per heavy atom. The second-order valence-corrected chi connectivity index (χ2v) is 7.33. The predicted octanol–water partition coefficient (Wildman–Crippen LogP) is 3.55. The molecule has 0 fully saturated rings. The lowest BCUT2D eigenvalue weighted by atomic mass is 10.1. The third-order valence-corrected chi connectivity index (χ3v) is 5.33. The second-order valence-electron chi connectivity index (χ2n) is 6.53. The monoisotopic (exact) mass is 488 g/mol. The first kappa shape index (κ1) is 22.8. The molecule has 1 aromatic heterocycles. The lowest BCUT2D eigenvalue weighted by Gasteiger charge is -2.18. The molecule has 1 amide bonds. The van der Waals surface area contributed by atoms with E-state index < -0.39 is 6.10 Å². The lowest BCUT2D eigenvalue weighted by Crippen LogP contribution is -2.40. The van der Waals surface area contributed by atoms with Crippen LogP contribution in [0.15, 0.2) is 59.3 Å². The summed E-state index contributed by atoms with van der Waals surface area (Å²) in [5.74, 6) is 1.00. The highest BCUT2D eigenvalue weighted by Crippen LogP contribution is 2.35. The van der Waals surface area contributed by atoms with E-state index in [1.54, 1.807) is 25.1 Å². The van der Waals surface area contributed by atoms with Crippen LogP contribution in [0, 0.1) is 0 Å². The van der Waals surface area contributed by atoms with Gasteiger partial charge in [-0.25, -0.2) is 10.1 Å². The molecular weight excluding hydrogens is 464 g/mol. The van der Waals surface area contributed by atoms with Gasteiger partial charge in [0.25, 0.3) is 5.91 Å².